The van der Waals surface area contributed by atoms with Crippen LogP contribution in [0.3, 0.4) is 0 Å². The summed E-state index contributed by atoms with van der Waals surface area (Å²) in [4.78, 5) is 7.54. The Hall–Kier alpha value is -1.61. The predicted octanol–water partition coefficient (Wildman–Crippen LogP) is 2.83. The zero-order valence-corrected chi connectivity index (χ0v) is 14.7. The van der Waals surface area contributed by atoms with Crippen molar-refractivity contribution in [2.24, 2.45) is 7.05 Å². The highest BCUT2D eigenvalue weighted by Gasteiger charge is 2.34. The maximum atomic E-state index is 12.7. The van der Waals surface area contributed by atoms with Gasteiger partial charge in [-0.05, 0) is 13.8 Å². The third kappa shape index (κ3) is 3.41. The Morgan fingerprint density at radius 1 is 1.17 bits per heavy atom. The number of aromatic nitrogens is 3. The fraction of sp³-hybridized carbons (Fsp3) is 0.600. The van der Waals surface area contributed by atoms with Gasteiger partial charge in [0.15, 0.2) is 5.13 Å². The maximum absolute atomic E-state index is 12.7. The molecule has 1 aliphatic heterocycles. The van der Waals surface area contributed by atoms with E-state index in [1.165, 1.54) is 5.56 Å². The van der Waals surface area contributed by atoms with Crippen LogP contribution in [0.2, 0.25) is 0 Å². The van der Waals surface area contributed by atoms with E-state index in [1.54, 1.807) is 0 Å². The number of piperazine rings is 1. The van der Waals surface area contributed by atoms with Crippen LogP contribution in [0.5, 0.6) is 0 Å². The first-order chi connectivity index (χ1) is 11.3. The van der Waals surface area contributed by atoms with Crippen molar-refractivity contribution in [1.82, 2.24) is 19.7 Å². The van der Waals surface area contributed by atoms with Gasteiger partial charge in [0, 0.05) is 51.0 Å². The molecule has 0 atom stereocenters. The quantitative estimate of drug-likeness (QED) is 0.845. The number of rotatable bonds is 3. The predicted molar refractivity (Wildman–Crippen MR) is 87.3 cm³/mol. The van der Waals surface area contributed by atoms with Crippen LogP contribution in [-0.2, 0) is 19.8 Å². The fourth-order valence-electron chi connectivity index (χ4n) is 2.91. The van der Waals surface area contributed by atoms with E-state index in [0.29, 0.717) is 18.2 Å². The summed E-state index contributed by atoms with van der Waals surface area (Å²) in [6, 6.07) is 0. The highest BCUT2D eigenvalue weighted by atomic mass is 32.1. The summed E-state index contributed by atoms with van der Waals surface area (Å²) in [6.45, 7) is 7.85. The topological polar surface area (TPSA) is 37.2 Å². The van der Waals surface area contributed by atoms with Crippen molar-refractivity contribution in [3.05, 3.63) is 28.0 Å². The Kier molecular flexibility index (Phi) is 4.56. The van der Waals surface area contributed by atoms with E-state index in [0.717, 1.165) is 48.6 Å². The summed E-state index contributed by atoms with van der Waals surface area (Å²) in [5, 5.41) is 4.88. The number of thiazole rings is 1. The summed E-state index contributed by atoms with van der Waals surface area (Å²) in [7, 11) is 1.93. The standard InChI is InChI=1S/C15H20F3N5S/c1-10-12(11(2)21(3)20-10)9-22-4-6-23(7-5-22)14-19-8-13(24-14)15(16,17)18/h8H,4-7,9H2,1-3H3. The Labute approximate surface area is 142 Å². The summed E-state index contributed by atoms with van der Waals surface area (Å²) < 4.78 is 39.9. The lowest BCUT2D eigenvalue weighted by Gasteiger charge is -2.34. The van der Waals surface area contributed by atoms with Crippen molar-refractivity contribution >= 4 is 16.5 Å². The van der Waals surface area contributed by atoms with Gasteiger partial charge in [0.1, 0.15) is 4.88 Å². The maximum Gasteiger partial charge on any atom is 0.427 e. The van der Waals surface area contributed by atoms with E-state index < -0.39 is 11.1 Å². The zero-order valence-electron chi connectivity index (χ0n) is 13.9. The first kappa shape index (κ1) is 17.2. The molecule has 1 saturated heterocycles. The molecule has 1 aliphatic rings. The molecule has 3 rings (SSSR count). The van der Waals surface area contributed by atoms with Crippen molar-refractivity contribution in [2.45, 2.75) is 26.6 Å². The molecular formula is C15H20F3N5S. The smallest absolute Gasteiger partial charge is 0.346 e. The molecule has 0 radical (unpaired) electrons. The number of hydrogen-bond donors (Lipinski definition) is 0. The van der Waals surface area contributed by atoms with Gasteiger partial charge in [-0.2, -0.15) is 18.3 Å². The van der Waals surface area contributed by atoms with Gasteiger partial charge in [-0.3, -0.25) is 9.58 Å². The van der Waals surface area contributed by atoms with Crippen molar-refractivity contribution in [3.63, 3.8) is 0 Å². The molecule has 1 fully saturated rings. The van der Waals surface area contributed by atoms with Crippen LogP contribution in [0.25, 0.3) is 0 Å². The first-order valence-electron chi connectivity index (χ1n) is 7.75. The van der Waals surface area contributed by atoms with Gasteiger partial charge in [-0.25, -0.2) is 4.98 Å². The van der Waals surface area contributed by atoms with Crippen LogP contribution in [0.1, 0.15) is 21.8 Å². The van der Waals surface area contributed by atoms with Crippen LogP contribution in [0, 0.1) is 13.8 Å². The molecule has 0 bridgehead atoms. The summed E-state index contributed by atoms with van der Waals surface area (Å²) in [6.07, 6.45) is -3.39. The minimum atomic E-state index is -4.31. The second-order valence-electron chi connectivity index (χ2n) is 6.04. The molecule has 2 aromatic rings. The molecule has 3 heterocycles. The van der Waals surface area contributed by atoms with Gasteiger partial charge in [0.05, 0.1) is 11.9 Å². The molecule has 0 amide bonds. The van der Waals surface area contributed by atoms with Crippen molar-refractivity contribution in [1.29, 1.82) is 0 Å². The molecule has 0 aromatic carbocycles. The Bertz CT molecular complexity index is 713. The Morgan fingerprint density at radius 3 is 2.33 bits per heavy atom. The summed E-state index contributed by atoms with van der Waals surface area (Å²) in [5.41, 5.74) is 3.43. The Balaban J connectivity index is 1.61. The highest BCUT2D eigenvalue weighted by Crippen LogP contribution is 2.36. The van der Waals surface area contributed by atoms with Gasteiger partial charge in [0.25, 0.3) is 0 Å². The Morgan fingerprint density at radius 2 is 1.83 bits per heavy atom. The van der Waals surface area contributed by atoms with Crippen molar-refractivity contribution < 1.29 is 13.2 Å². The van der Waals surface area contributed by atoms with Gasteiger partial charge < -0.3 is 4.90 Å². The number of nitrogens with zero attached hydrogens (tertiary/aromatic N) is 5. The molecular weight excluding hydrogens is 339 g/mol. The molecule has 2 aromatic heterocycles. The normalized spacial score (nSPS) is 16.8. The molecule has 24 heavy (non-hydrogen) atoms. The zero-order chi connectivity index (χ0) is 17.5. The van der Waals surface area contributed by atoms with Crippen molar-refractivity contribution in [3.8, 4) is 0 Å². The molecule has 0 saturated carbocycles. The van der Waals surface area contributed by atoms with Crippen LogP contribution in [0.15, 0.2) is 6.20 Å². The average Bonchev–Trinajstić information content (AvgIpc) is 3.10. The first-order valence-corrected chi connectivity index (χ1v) is 8.56. The lowest BCUT2D eigenvalue weighted by atomic mass is 10.1. The van der Waals surface area contributed by atoms with Crippen LogP contribution >= 0.6 is 11.3 Å². The van der Waals surface area contributed by atoms with Crippen LogP contribution < -0.4 is 4.90 Å². The molecule has 0 spiro atoms. The molecule has 5 nitrogen and oxygen atoms in total. The van der Waals surface area contributed by atoms with Gasteiger partial charge >= 0.3 is 6.18 Å². The lowest BCUT2D eigenvalue weighted by molar-refractivity contribution is -0.134. The van der Waals surface area contributed by atoms with E-state index in [9.17, 15) is 13.2 Å². The molecule has 9 heteroatoms. The molecule has 0 N–H and O–H groups in total. The third-order valence-electron chi connectivity index (χ3n) is 4.46. The minimum Gasteiger partial charge on any atom is -0.346 e. The van der Waals surface area contributed by atoms with Crippen LogP contribution in [-0.4, -0.2) is 45.8 Å². The number of anilines is 1. The highest BCUT2D eigenvalue weighted by molar-refractivity contribution is 7.15. The molecule has 0 aliphatic carbocycles. The monoisotopic (exact) mass is 359 g/mol. The molecule has 132 valence electrons. The number of halogens is 3. The van der Waals surface area contributed by atoms with E-state index in [2.05, 4.69) is 21.9 Å². The minimum absolute atomic E-state index is 0.454. The van der Waals surface area contributed by atoms with Gasteiger partial charge in [-0.1, -0.05) is 11.3 Å². The average molecular weight is 359 g/mol. The summed E-state index contributed by atoms with van der Waals surface area (Å²) in [5.74, 6) is 0. The number of alkyl halides is 3. The van der Waals surface area contributed by atoms with Gasteiger partial charge in [0.2, 0.25) is 0 Å². The third-order valence-corrected chi connectivity index (χ3v) is 5.56. The SMILES string of the molecule is Cc1nn(C)c(C)c1CN1CCN(c2ncc(C(F)(F)F)s2)CC1. The van der Waals surface area contributed by atoms with E-state index in [1.807, 2.05) is 23.6 Å². The second-order valence-corrected chi connectivity index (χ2v) is 7.05. The lowest BCUT2D eigenvalue weighted by Crippen LogP contribution is -2.46. The number of hydrogen-bond acceptors (Lipinski definition) is 5. The van der Waals surface area contributed by atoms with Crippen LogP contribution in [0.4, 0.5) is 18.3 Å². The second kappa shape index (κ2) is 6.36. The summed E-state index contributed by atoms with van der Waals surface area (Å²) >= 11 is 0.718. The van der Waals surface area contributed by atoms with E-state index in [-0.39, 0.29) is 0 Å². The van der Waals surface area contributed by atoms with E-state index in [4.69, 9.17) is 0 Å². The fourth-order valence-corrected chi connectivity index (χ4v) is 3.74. The van der Waals surface area contributed by atoms with E-state index >= 15 is 0 Å². The van der Waals surface area contributed by atoms with Crippen molar-refractivity contribution in [2.75, 3.05) is 31.1 Å². The van der Waals surface area contributed by atoms with Gasteiger partial charge in [-0.15, -0.1) is 0 Å². The molecule has 0 unspecified atom stereocenters. The largest absolute Gasteiger partial charge is 0.427 e. The number of aryl methyl sites for hydroxylation is 2.